The fourth-order valence-electron chi connectivity index (χ4n) is 2.57. The predicted octanol–water partition coefficient (Wildman–Crippen LogP) is 6.62. The molecule has 0 radical (unpaired) electrons. The zero-order valence-electron chi connectivity index (χ0n) is 11.3. The third-order valence-corrected chi connectivity index (χ3v) is 4.15. The molecule has 0 unspecified atom stereocenters. The van der Waals surface area contributed by atoms with Gasteiger partial charge in [-0.05, 0) is 17.5 Å². The minimum atomic E-state index is -0.106. The Labute approximate surface area is 158 Å². The Bertz CT molecular complexity index is 931. The molecule has 2 heterocycles. The Kier molecular flexibility index (Phi) is 5.59. The van der Waals surface area contributed by atoms with Crippen LogP contribution in [0.25, 0.3) is 32.6 Å². The number of fused-ring (bicyclic) bond motifs is 5. The van der Waals surface area contributed by atoms with E-state index in [9.17, 15) is 0 Å². The van der Waals surface area contributed by atoms with E-state index in [0.717, 1.165) is 32.6 Å². The summed E-state index contributed by atoms with van der Waals surface area (Å²) in [6.45, 7) is 0. The molecule has 4 aromatic rings. The van der Waals surface area contributed by atoms with Gasteiger partial charge in [-0.2, -0.15) is 0 Å². The van der Waals surface area contributed by atoms with E-state index >= 15 is 0 Å². The molecule has 7 heteroatoms. The van der Waals surface area contributed by atoms with Crippen molar-refractivity contribution in [2.24, 2.45) is 0 Å². The summed E-state index contributed by atoms with van der Waals surface area (Å²) in [6.07, 6.45) is 3.43. The average Bonchev–Trinajstić information content (AvgIpc) is 2.55. The number of hydrogen-bond donors (Lipinski definition) is 0. The van der Waals surface area contributed by atoms with E-state index in [1.807, 2.05) is 24.3 Å². The second kappa shape index (κ2) is 7.49. The summed E-state index contributed by atoms with van der Waals surface area (Å²) in [7, 11) is 9.63. The number of rotatable bonds is 0. The molecule has 120 valence electrons. The van der Waals surface area contributed by atoms with E-state index < -0.39 is 0 Å². The normalized spacial score (nSPS) is 11.0. The first-order valence-electron chi connectivity index (χ1n) is 6.40. The van der Waals surface area contributed by atoms with Crippen LogP contribution in [-0.4, -0.2) is 9.97 Å². The van der Waals surface area contributed by atoms with E-state index in [1.165, 1.54) is 0 Å². The Balaban J connectivity index is 0.000000485. The van der Waals surface area contributed by atoms with Gasteiger partial charge in [0.1, 0.15) is 0 Å². The van der Waals surface area contributed by atoms with Crippen molar-refractivity contribution in [2.75, 3.05) is 0 Å². The predicted molar refractivity (Wildman–Crippen MR) is 96.3 cm³/mol. The summed E-state index contributed by atoms with van der Waals surface area (Å²) in [6, 6.07) is 11.6. The monoisotopic (exact) mass is 474 g/mol. The van der Waals surface area contributed by atoms with Gasteiger partial charge >= 0.3 is 35.0 Å². The molecule has 0 amide bonds. The summed E-state index contributed by atoms with van der Waals surface area (Å²) in [5.74, 6) is 0. The fraction of sp³-hybridized carbons (Fsp3) is 0. The van der Waals surface area contributed by atoms with Gasteiger partial charge in [-0.1, -0.05) is 47.5 Å². The van der Waals surface area contributed by atoms with Gasteiger partial charge in [0.25, 0.3) is 0 Å². The Morgan fingerprint density at radius 2 is 1.13 bits per heavy atom. The number of benzene rings is 2. The van der Waals surface area contributed by atoms with E-state index in [0.29, 0.717) is 10.0 Å². The van der Waals surface area contributed by atoms with E-state index in [2.05, 4.69) is 9.97 Å². The molecule has 2 aromatic carbocycles. The van der Waals surface area contributed by atoms with Gasteiger partial charge in [0, 0.05) is 28.6 Å². The van der Waals surface area contributed by atoms with Crippen LogP contribution < -0.4 is 0 Å². The zero-order chi connectivity index (χ0) is 16.4. The third-order valence-electron chi connectivity index (χ3n) is 3.50. The van der Waals surface area contributed by atoms with Gasteiger partial charge in [-0.3, -0.25) is 9.97 Å². The van der Waals surface area contributed by atoms with Gasteiger partial charge in [-0.25, -0.2) is 0 Å². The molecule has 2 aromatic heterocycles. The maximum absolute atomic E-state index is 6.25. The second-order valence-corrected chi connectivity index (χ2v) is 7.83. The van der Waals surface area contributed by atoms with E-state index in [1.54, 1.807) is 24.5 Å². The summed E-state index contributed by atoms with van der Waals surface area (Å²) in [5.41, 5.74) is 1.71. The quantitative estimate of drug-likeness (QED) is 0.211. The van der Waals surface area contributed by atoms with Gasteiger partial charge in [0.15, 0.2) is 0 Å². The number of pyridine rings is 2. The van der Waals surface area contributed by atoms with Crippen molar-refractivity contribution in [1.29, 1.82) is 0 Å². The second-order valence-electron chi connectivity index (χ2n) is 4.65. The van der Waals surface area contributed by atoms with Crippen molar-refractivity contribution in [3.05, 3.63) is 58.8 Å². The SMILES string of the molecule is Clc1ccnc2c1ccc1ccc3c(Cl)ccnc3c12.[Cl][Pd][Cl]. The first-order chi connectivity index (χ1) is 11.2. The molecule has 0 saturated carbocycles. The van der Waals surface area contributed by atoms with Crippen LogP contribution in [0.2, 0.25) is 10.0 Å². The van der Waals surface area contributed by atoms with Gasteiger partial charge in [0.05, 0.1) is 21.1 Å². The topological polar surface area (TPSA) is 25.8 Å². The molecule has 0 spiro atoms. The van der Waals surface area contributed by atoms with Crippen LogP contribution in [0, 0.1) is 0 Å². The molecule has 2 nitrogen and oxygen atoms in total. The number of halogens is 4. The zero-order valence-corrected chi connectivity index (χ0v) is 15.9. The van der Waals surface area contributed by atoms with Crippen molar-refractivity contribution in [3.8, 4) is 0 Å². The summed E-state index contributed by atoms with van der Waals surface area (Å²) in [4.78, 5) is 8.96. The molecule has 0 atom stereocenters. The molecule has 23 heavy (non-hydrogen) atoms. The van der Waals surface area contributed by atoms with Crippen LogP contribution in [-0.2, 0) is 15.9 Å². The molecule has 0 saturated heterocycles. The first kappa shape index (κ1) is 17.2. The van der Waals surface area contributed by atoms with Gasteiger partial charge in [-0.15, -0.1) is 0 Å². The summed E-state index contributed by atoms with van der Waals surface area (Å²) >= 11 is 12.4. The van der Waals surface area contributed by atoms with Crippen molar-refractivity contribution < 1.29 is 15.9 Å². The number of nitrogens with zero attached hydrogens (tertiary/aromatic N) is 2. The molecule has 4 rings (SSSR count). The van der Waals surface area contributed by atoms with Gasteiger partial charge < -0.3 is 0 Å². The molecular weight excluding hydrogens is 468 g/mol. The Morgan fingerprint density at radius 3 is 1.57 bits per heavy atom. The number of aromatic nitrogens is 2. The molecule has 0 fully saturated rings. The standard InChI is InChI=1S/C16H8Cl2N2.2ClH.Pd/c17-12-5-7-19-15-10(12)3-1-9-2-4-11-13(18)6-8-20-16(11)14(9)15;;;/h1-8H;2*1H;/q;;;+2/p-2. The van der Waals surface area contributed by atoms with E-state index in [-0.39, 0.29) is 15.9 Å². The molecule has 0 aliphatic carbocycles. The molecule has 0 aliphatic heterocycles. The van der Waals surface area contributed by atoms with Crippen LogP contribution in [0.1, 0.15) is 0 Å². The number of hydrogen-bond acceptors (Lipinski definition) is 2. The summed E-state index contributed by atoms with van der Waals surface area (Å²) in [5, 5.41) is 5.30. The molecular formula is C16H8Cl4N2Pd. The third kappa shape index (κ3) is 3.28. The molecule has 0 aliphatic rings. The average molecular weight is 476 g/mol. The van der Waals surface area contributed by atoms with Gasteiger partial charge in [0.2, 0.25) is 0 Å². The Morgan fingerprint density at radius 1 is 0.696 bits per heavy atom. The molecule has 0 N–H and O–H groups in total. The summed E-state index contributed by atoms with van der Waals surface area (Å²) < 4.78 is 0. The van der Waals surface area contributed by atoms with Crippen LogP contribution in [0.4, 0.5) is 0 Å². The van der Waals surface area contributed by atoms with Crippen molar-refractivity contribution in [3.63, 3.8) is 0 Å². The Hall–Kier alpha value is -0.658. The first-order valence-corrected chi connectivity index (χ1v) is 11.2. The minimum absolute atomic E-state index is 0.106. The van der Waals surface area contributed by atoms with Crippen molar-refractivity contribution >= 4 is 74.8 Å². The molecule has 0 bridgehead atoms. The van der Waals surface area contributed by atoms with Crippen LogP contribution in [0.3, 0.4) is 0 Å². The van der Waals surface area contributed by atoms with Crippen LogP contribution in [0.15, 0.2) is 48.8 Å². The van der Waals surface area contributed by atoms with E-state index in [4.69, 9.17) is 42.3 Å². The van der Waals surface area contributed by atoms with Crippen molar-refractivity contribution in [2.45, 2.75) is 0 Å². The van der Waals surface area contributed by atoms with Crippen LogP contribution >= 0.6 is 42.3 Å². The fourth-order valence-corrected chi connectivity index (χ4v) is 2.99. The maximum atomic E-state index is 6.25. The van der Waals surface area contributed by atoms with Crippen LogP contribution in [0.5, 0.6) is 0 Å². The van der Waals surface area contributed by atoms with Crippen molar-refractivity contribution in [1.82, 2.24) is 9.97 Å².